The van der Waals surface area contributed by atoms with Crippen LogP contribution < -0.4 is 11.1 Å². The van der Waals surface area contributed by atoms with E-state index in [0.29, 0.717) is 10.5 Å². The minimum Gasteiger partial charge on any atom is -0.481 e. The van der Waals surface area contributed by atoms with Gasteiger partial charge in [0.2, 0.25) is 11.8 Å². The van der Waals surface area contributed by atoms with Gasteiger partial charge in [0.15, 0.2) is 0 Å². The number of carboxylic acid groups (broad SMARTS) is 2. The van der Waals surface area contributed by atoms with Crippen LogP contribution in [0.15, 0.2) is 30.3 Å². The third-order valence-corrected chi connectivity index (χ3v) is 3.87. The van der Waals surface area contributed by atoms with Crippen molar-refractivity contribution in [3.8, 4) is 0 Å². The maximum atomic E-state index is 12.9. The van der Waals surface area contributed by atoms with Crippen LogP contribution in [-0.2, 0) is 30.4 Å². The Kier molecular flexibility index (Phi) is 8.76. The molecule has 0 aliphatic carbocycles. The van der Waals surface area contributed by atoms with E-state index in [4.69, 9.17) is 10.8 Å². The molecule has 0 saturated carbocycles. The van der Waals surface area contributed by atoms with E-state index in [1.165, 1.54) is 6.92 Å². The Morgan fingerprint density at radius 3 is 2.18 bits per heavy atom. The summed E-state index contributed by atoms with van der Waals surface area (Å²) in [7, 11) is 0. The number of nitrogens with one attached hydrogen (secondary N) is 1. The number of imide groups is 1. The van der Waals surface area contributed by atoms with Gasteiger partial charge in [0.05, 0.1) is 13.0 Å². The molecule has 0 aliphatic rings. The first kappa shape index (κ1) is 22.8. The summed E-state index contributed by atoms with van der Waals surface area (Å²) >= 11 is 0. The van der Waals surface area contributed by atoms with E-state index in [1.54, 1.807) is 30.3 Å². The minimum absolute atomic E-state index is 0.168. The third kappa shape index (κ3) is 6.47. The first-order valence-corrected chi connectivity index (χ1v) is 8.55. The largest absolute Gasteiger partial charge is 0.481 e. The van der Waals surface area contributed by atoms with Crippen LogP contribution in [0.1, 0.15) is 25.3 Å². The predicted octanol–water partition coefficient (Wildman–Crippen LogP) is -0.634. The number of amides is 3. The fraction of sp³-hybridized carbons (Fsp3) is 0.389. The summed E-state index contributed by atoms with van der Waals surface area (Å²) in [6, 6.07) is 5.17. The van der Waals surface area contributed by atoms with E-state index in [0.717, 1.165) is 0 Å². The van der Waals surface area contributed by atoms with Crippen molar-refractivity contribution in [1.82, 2.24) is 10.2 Å². The van der Waals surface area contributed by atoms with Crippen LogP contribution in [-0.4, -0.2) is 63.4 Å². The molecule has 1 rings (SSSR count). The molecule has 0 spiro atoms. The second-order valence-corrected chi connectivity index (χ2v) is 5.92. The Morgan fingerprint density at radius 2 is 1.71 bits per heavy atom. The van der Waals surface area contributed by atoms with Crippen LogP contribution in [0.4, 0.5) is 0 Å². The molecule has 10 heteroatoms. The van der Waals surface area contributed by atoms with Gasteiger partial charge in [-0.3, -0.25) is 24.1 Å². The number of carbonyl (C=O) groups excluding carboxylic acids is 3. The standard InChI is InChI=1S/C18H23N3O7/c1-2-15(23)21(13(18(27)28)8-11-6-4-3-5-7-11)17(26)12(9-16(24)25)20-14(22)10-19/h3-7,12-13H,2,8-10,19H2,1H3,(H,20,22)(H,24,25)(H,27,28)/t12-,13-/m0/s1. The number of hydrogen-bond donors (Lipinski definition) is 4. The van der Waals surface area contributed by atoms with Crippen molar-refractivity contribution in [2.45, 2.75) is 38.3 Å². The molecule has 0 bridgehead atoms. The van der Waals surface area contributed by atoms with E-state index in [2.05, 4.69) is 5.32 Å². The quantitative estimate of drug-likeness (QED) is 0.407. The molecule has 1 aromatic rings. The molecule has 0 aromatic heterocycles. The van der Waals surface area contributed by atoms with Crippen LogP contribution in [0.5, 0.6) is 0 Å². The number of carboxylic acids is 2. The molecule has 10 nitrogen and oxygen atoms in total. The molecule has 2 atom stereocenters. The number of rotatable bonds is 10. The van der Waals surface area contributed by atoms with Crippen molar-refractivity contribution in [1.29, 1.82) is 0 Å². The SMILES string of the molecule is CCC(=O)N(C(=O)[C@H](CC(=O)O)NC(=O)CN)[C@@H](Cc1ccccc1)C(=O)O. The average Bonchev–Trinajstić information content (AvgIpc) is 2.66. The van der Waals surface area contributed by atoms with Gasteiger partial charge in [-0.15, -0.1) is 0 Å². The molecule has 0 unspecified atom stereocenters. The van der Waals surface area contributed by atoms with Crippen LogP contribution in [0.2, 0.25) is 0 Å². The van der Waals surface area contributed by atoms with Gasteiger partial charge in [-0.1, -0.05) is 37.3 Å². The summed E-state index contributed by atoms with van der Waals surface area (Å²) in [5, 5.41) is 20.8. The van der Waals surface area contributed by atoms with Gasteiger partial charge in [0.1, 0.15) is 12.1 Å². The zero-order valence-corrected chi connectivity index (χ0v) is 15.3. The highest BCUT2D eigenvalue weighted by Gasteiger charge is 2.38. The molecule has 0 radical (unpaired) electrons. The highest BCUT2D eigenvalue weighted by atomic mass is 16.4. The summed E-state index contributed by atoms with van der Waals surface area (Å²) in [6.07, 6.45) is -1.18. The number of carbonyl (C=O) groups is 5. The zero-order chi connectivity index (χ0) is 21.3. The lowest BCUT2D eigenvalue weighted by Gasteiger charge is -2.30. The van der Waals surface area contributed by atoms with E-state index < -0.39 is 54.7 Å². The lowest BCUT2D eigenvalue weighted by Crippen LogP contribution is -2.57. The Bertz CT molecular complexity index is 736. The van der Waals surface area contributed by atoms with E-state index in [1.807, 2.05) is 0 Å². The molecule has 0 heterocycles. The Balaban J connectivity index is 3.27. The lowest BCUT2D eigenvalue weighted by atomic mass is 10.0. The number of nitrogens with two attached hydrogens (primary N) is 1. The van der Waals surface area contributed by atoms with Crippen molar-refractivity contribution in [2.24, 2.45) is 5.73 Å². The van der Waals surface area contributed by atoms with Gasteiger partial charge >= 0.3 is 11.9 Å². The van der Waals surface area contributed by atoms with Crippen LogP contribution in [0.3, 0.4) is 0 Å². The fourth-order valence-electron chi connectivity index (χ4n) is 2.54. The van der Waals surface area contributed by atoms with Crippen molar-refractivity contribution in [3.63, 3.8) is 0 Å². The molecule has 0 fully saturated rings. The summed E-state index contributed by atoms with van der Waals surface area (Å²) in [5.74, 6) is -5.56. The molecule has 28 heavy (non-hydrogen) atoms. The summed E-state index contributed by atoms with van der Waals surface area (Å²) in [6.45, 7) is 0.937. The predicted molar refractivity (Wildman–Crippen MR) is 97.0 cm³/mol. The average molecular weight is 393 g/mol. The highest BCUT2D eigenvalue weighted by Crippen LogP contribution is 2.14. The minimum atomic E-state index is -1.62. The Morgan fingerprint density at radius 1 is 1.11 bits per heavy atom. The zero-order valence-electron chi connectivity index (χ0n) is 15.3. The normalized spacial score (nSPS) is 12.5. The van der Waals surface area contributed by atoms with Crippen molar-refractivity contribution >= 4 is 29.7 Å². The first-order valence-electron chi connectivity index (χ1n) is 8.55. The van der Waals surface area contributed by atoms with Gasteiger partial charge in [0.25, 0.3) is 5.91 Å². The maximum absolute atomic E-state index is 12.9. The molecular formula is C18H23N3O7. The van der Waals surface area contributed by atoms with Crippen molar-refractivity contribution < 1.29 is 34.2 Å². The van der Waals surface area contributed by atoms with Crippen LogP contribution >= 0.6 is 0 Å². The van der Waals surface area contributed by atoms with Crippen LogP contribution in [0.25, 0.3) is 0 Å². The summed E-state index contributed by atoms with van der Waals surface area (Å²) in [4.78, 5) is 60.3. The van der Waals surface area contributed by atoms with Gasteiger partial charge in [0, 0.05) is 12.8 Å². The number of aliphatic carboxylic acids is 2. The smallest absolute Gasteiger partial charge is 0.327 e. The van der Waals surface area contributed by atoms with E-state index >= 15 is 0 Å². The number of hydrogen-bond acceptors (Lipinski definition) is 6. The summed E-state index contributed by atoms with van der Waals surface area (Å²) in [5.41, 5.74) is 5.75. The molecule has 0 aliphatic heterocycles. The highest BCUT2D eigenvalue weighted by molar-refractivity contribution is 6.03. The van der Waals surface area contributed by atoms with Gasteiger partial charge in [-0.05, 0) is 5.56 Å². The van der Waals surface area contributed by atoms with E-state index in [9.17, 15) is 29.1 Å². The van der Waals surface area contributed by atoms with Gasteiger partial charge < -0.3 is 21.3 Å². The second-order valence-electron chi connectivity index (χ2n) is 5.92. The van der Waals surface area contributed by atoms with Crippen LogP contribution in [0, 0.1) is 0 Å². The molecule has 3 amide bonds. The summed E-state index contributed by atoms with van der Waals surface area (Å²) < 4.78 is 0. The van der Waals surface area contributed by atoms with Gasteiger partial charge in [-0.25, -0.2) is 4.79 Å². The number of benzene rings is 1. The maximum Gasteiger partial charge on any atom is 0.327 e. The van der Waals surface area contributed by atoms with E-state index in [-0.39, 0.29) is 12.8 Å². The first-order chi connectivity index (χ1) is 13.2. The Hall–Kier alpha value is -3.27. The van der Waals surface area contributed by atoms with Gasteiger partial charge in [-0.2, -0.15) is 0 Å². The number of nitrogens with zero attached hydrogens (tertiary/aromatic N) is 1. The molecule has 152 valence electrons. The monoisotopic (exact) mass is 393 g/mol. The third-order valence-electron chi connectivity index (χ3n) is 3.87. The molecular weight excluding hydrogens is 370 g/mol. The fourth-order valence-corrected chi connectivity index (χ4v) is 2.54. The Labute approximate surface area is 161 Å². The van der Waals surface area contributed by atoms with Crippen molar-refractivity contribution in [3.05, 3.63) is 35.9 Å². The lowest BCUT2D eigenvalue weighted by molar-refractivity contribution is -0.160. The topological polar surface area (TPSA) is 167 Å². The molecule has 5 N–H and O–H groups in total. The molecule has 1 aromatic carbocycles. The molecule has 0 saturated heterocycles. The second kappa shape index (κ2) is 10.8. The van der Waals surface area contributed by atoms with Crippen molar-refractivity contribution in [2.75, 3.05) is 6.54 Å².